The summed E-state index contributed by atoms with van der Waals surface area (Å²) >= 11 is 0. The van der Waals surface area contributed by atoms with Crippen LogP contribution in [0.1, 0.15) is 37.7 Å². The first-order chi connectivity index (χ1) is 14.3. The maximum atomic E-state index is 14.3. The number of ketones is 1. The van der Waals surface area contributed by atoms with Crippen LogP contribution in [0.15, 0.2) is 47.4 Å². The predicted molar refractivity (Wildman–Crippen MR) is 106 cm³/mol. The Labute approximate surface area is 171 Å². The zero-order chi connectivity index (χ0) is 22.0. The van der Waals surface area contributed by atoms with Crippen LogP contribution in [-0.2, 0) is 11.3 Å². The number of nitriles is 1. The Bertz CT molecular complexity index is 1260. The Balaban J connectivity index is 2.03. The maximum Gasteiger partial charge on any atom is 0.339 e. The number of Topliss-reactive ketones (excluding diaryl/α,β-unsaturated/α-hetero) is 1. The van der Waals surface area contributed by atoms with Crippen molar-refractivity contribution in [1.82, 2.24) is 9.13 Å². The number of nitrogens with zero attached hydrogens (tertiary/aromatic N) is 3. The summed E-state index contributed by atoms with van der Waals surface area (Å²) in [5.41, 5.74) is 0.796. The van der Waals surface area contributed by atoms with E-state index in [1.54, 1.807) is 48.7 Å². The van der Waals surface area contributed by atoms with E-state index in [1.165, 1.54) is 19.4 Å². The summed E-state index contributed by atoms with van der Waals surface area (Å²) in [4.78, 5) is 37.2. The molecule has 0 aliphatic carbocycles. The summed E-state index contributed by atoms with van der Waals surface area (Å²) < 4.78 is 21.5. The fourth-order valence-corrected chi connectivity index (χ4v) is 3.35. The second-order valence-corrected chi connectivity index (χ2v) is 6.67. The summed E-state index contributed by atoms with van der Waals surface area (Å²) in [6.45, 7) is 3.04. The Hall–Kier alpha value is -3.99. The molecule has 0 unspecified atom stereocenters. The van der Waals surface area contributed by atoms with E-state index in [2.05, 4.69) is 4.74 Å². The van der Waals surface area contributed by atoms with Gasteiger partial charge in [-0.1, -0.05) is 12.1 Å². The molecule has 0 spiro atoms. The molecule has 8 heteroatoms. The van der Waals surface area contributed by atoms with E-state index in [4.69, 9.17) is 5.26 Å². The van der Waals surface area contributed by atoms with Gasteiger partial charge in [0.05, 0.1) is 24.9 Å². The maximum absolute atomic E-state index is 14.3. The molecule has 0 atom stereocenters. The first-order valence-corrected chi connectivity index (χ1v) is 8.98. The number of hydrogen-bond donors (Lipinski definition) is 0. The number of ether oxygens (including phenoxy) is 1. The number of rotatable bonds is 5. The molecule has 7 nitrogen and oxygen atoms in total. The van der Waals surface area contributed by atoms with E-state index in [-0.39, 0.29) is 17.7 Å². The third kappa shape index (κ3) is 3.65. The molecule has 3 aromatic rings. The molecular formula is C22H18FN3O4. The Morgan fingerprint density at radius 3 is 2.53 bits per heavy atom. The van der Waals surface area contributed by atoms with Crippen LogP contribution in [-0.4, -0.2) is 28.0 Å². The second kappa shape index (κ2) is 8.17. The molecule has 0 saturated carbocycles. The highest BCUT2D eigenvalue weighted by Gasteiger charge is 2.20. The van der Waals surface area contributed by atoms with Gasteiger partial charge >= 0.3 is 5.97 Å². The normalized spacial score (nSPS) is 10.5. The molecule has 0 amide bonds. The highest BCUT2D eigenvalue weighted by molar-refractivity contribution is 5.97. The minimum absolute atomic E-state index is 0.0155. The van der Waals surface area contributed by atoms with Crippen molar-refractivity contribution in [1.29, 1.82) is 5.26 Å². The van der Waals surface area contributed by atoms with Crippen LogP contribution >= 0.6 is 0 Å². The lowest BCUT2D eigenvalue weighted by atomic mass is 10.1. The van der Waals surface area contributed by atoms with Gasteiger partial charge in [0.25, 0.3) is 5.56 Å². The number of aromatic nitrogens is 2. The Morgan fingerprint density at radius 1 is 1.20 bits per heavy atom. The monoisotopic (exact) mass is 407 g/mol. The van der Waals surface area contributed by atoms with Crippen LogP contribution in [0.4, 0.5) is 4.39 Å². The summed E-state index contributed by atoms with van der Waals surface area (Å²) in [6, 6.07) is 10.7. The van der Waals surface area contributed by atoms with Crippen LogP contribution in [0.3, 0.4) is 0 Å². The number of hydrogen-bond acceptors (Lipinski definition) is 5. The van der Waals surface area contributed by atoms with Gasteiger partial charge < -0.3 is 13.9 Å². The van der Waals surface area contributed by atoms with Crippen molar-refractivity contribution in [2.45, 2.75) is 20.4 Å². The number of pyridine rings is 1. The molecule has 0 N–H and O–H groups in total. The van der Waals surface area contributed by atoms with Gasteiger partial charge in [-0.05, 0) is 38.1 Å². The van der Waals surface area contributed by atoms with Crippen molar-refractivity contribution in [3.63, 3.8) is 0 Å². The molecule has 30 heavy (non-hydrogen) atoms. The molecular weight excluding hydrogens is 389 g/mol. The third-order valence-electron chi connectivity index (χ3n) is 4.77. The number of carbonyl (C=O) groups excluding carboxylic acids is 2. The average Bonchev–Trinajstić information content (AvgIpc) is 3.03. The Morgan fingerprint density at radius 2 is 1.90 bits per heavy atom. The fraction of sp³-hybridized carbons (Fsp3) is 0.182. The smallest absolute Gasteiger partial charge is 0.339 e. The topological polar surface area (TPSA) is 94.1 Å². The fourth-order valence-electron chi connectivity index (χ4n) is 3.35. The van der Waals surface area contributed by atoms with Gasteiger partial charge in [-0.25, -0.2) is 9.18 Å². The van der Waals surface area contributed by atoms with Crippen molar-refractivity contribution in [2.75, 3.05) is 7.11 Å². The molecule has 1 aromatic carbocycles. The van der Waals surface area contributed by atoms with E-state index in [9.17, 15) is 18.8 Å². The molecule has 0 bridgehead atoms. The van der Waals surface area contributed by atoms with Crippen molar-refractivity contribution in [2.24, 2.45) is 0 Å². The molecule has 0 saturated heterocycles. The SMILES string of the molecule is COC(=O)c1cc(C#N)c(=O)n(CC(=O)c2cc(C)n(-c3ccccc3F)c2C)c1. The second-order valence-electron chi connectivity index (χ2n) is 6.67. The van der Waals surface area contributed by atoms with E-state index in [1.807, 2.05) is 0 Å². The molecule has 0 aliphatic heterocycles. The minimum atomic E-state index is -0.731. The number of para-hydroxylation sites is 1. The molecule has 0 radical (unpaired) electrons. The molecule has 2 aromatic heterocycles. The molecule has 152 valence electrons. The van der Waals surface area contributed by atoms with Crippen molar-refractivity contribution in [3.8, 4) is 11.8 Å². The lowest BCUT2D eigenvalue weighted by Crippen LogP contribution is -2.27. The zero-order valence-electron chi connectivity index (χ0n) is 16.6. The largest absolute Gasteiger partial charge is 0.465 e. The van der Waals surface area contributed by atoms with E-state index < -0.39 is 23.1 Å². The van der Waals surface area contributed by atoms with Crippen LogP contribution in [0, 0.1) is 31.0 Å². The van der Waals surface area contributed by atoms with E-state index in [0.29, 0.717) is 22.6 Å². The quantitative estimate of drug-likeness (QED) is 0.479. The number of aryl methyl sites for hydroxylation is 1. The van der Waals surface area contributed by atoms with Crippen molar-refractivity contribution >= 4 is 11.8 Å². The molecule has 3 rings (SSSR count). The highest BCUT2D eigenvalue weighted by Crippen LogP contribution is 2.23. The highest BCUT2D eigenvalue weighted by atomic mass is 19.1. The van der Waals surface area contributed by atoms with E-state index in [0.717, 1.165) is 10.6 Å². The van der Waals surface area contributed by atoms with Crippen LogP contribution in [0.2, 0.25) is 0 Å². The zero-order valence-corrected chi connectivity index (χ0v) is 16.6. The number of halogens is 1. The van der Waals surface area contributed by atoms with Gasteiger partial charge in [-0.3, -0.25) is 9.59 Å². The lowest BCUT2D eigenvalue weighted by Gasteiger charge is -2.11. The molecule has 0 fully saturated rings. The van der Waals surface area contributed by atoms with Crippen LogP contribution in [0.25, 0.3) is 5.69 Å². The minimum Gasteiger partial charge on any atom is -0.465 e. The summed E-state index contributed by atoms with van der Waals surface area (Å²) in [5, 5.41) is 9.17. The van der Waals surface area contributed by atoms with Gasteiger partial charge in [0.15, 0.2) is 5.78 Å². The lowest BCUT2D eigenvalue weighted by molar-refractivity contribution is 0.0599. The summed E-state index contributed by atoms with van der Waals surface area (Å²) in [7, 11) is 1.17. The van der Waals surface area contributed by atoms with Gasteiger partial charge in [-0.15, -0.1) is 0 Å². The summed E-state index contributed by atoms with van der Waals surface area (Å²) in [6.07, 6.45) is 1.18. The van der Waals surface area contributed by atoms with Gasteiger partial charge in [0.2, 0.25) is 0 Å². The number of esters is 1. The average molecular weight is 407 g/mol. The van der Waals surface area contributed by atoms with Crippen LogP contribution in [0.5, 0.6) is 0 Å². The van der Waals surface area contributed by atoms with E-state index >= 15 is 0 Å². The van der Waals surface area contributed by atoms with Crippen molar-refractivity contribution < 1.29 is 18.7 Å². The van der Waals surface area contributed by atoms with Gasteiger partial charge in [0, 0.05) is 23.1 Å². The predicted octanol–water partition coefficient (Wildman–Crippen LogP) is 2.94. The Kier molecular flexibility index (Phi) is 5.65. The third-order valence-corrected chi connectivity index (χ3v) is 4.77. The first kappa shape index (κ1) is 20.7. The summed E-state index contributed by atoms with van der Waals surface area (Å²) in [5.74, 6) is -1.58. The number of methoxy groups -OCH3 is 1. The molecule has 2 heterocycles. The van der Waals surface area contributed by atoms with Crippen LogP contribution < -0.4 is 5.56 Å². The van der Waals surface area contributed by atoms with Gasteiger partial charge in [0.1, 0.15) is 17.4 Å². The standard InChI is InChI=1S/C22H18FN3O4/c1-13-8-17(14(2)26(13)19-7-5-4-6-18(19)23)20(27)12-25-11-16(22(29)30-3)9-15(10-24)21(25)28/h4-9,11H,12H2,1-3H3. The van der Waals surface area contributed by atoms with Gasteiger partial charge in [-0.2, -0.15) is 5.26 Å². The first-order valence-electron chi connectivity index (χ1n) is 8.98. The number of benzene rings is 1. The van der Waals surface area contributed by atoms with Crippen molar-refractivity contribution in [3.05, 3.63) is 86.8 Å². The molecule has 0 aliphatic rings. The number of carbonyl (C=O) groups is 2.